The van der Waals surface area contributed by atoms with Crippen LogP contribution >= 0.6 is 0 Å². The molecule has 0 bridgehead atoms. The molecule has 0 amide bonds. The molecule has 1 aliphatic rings. The van der Waals surface area contributed by atoms with Gasteiger partial charge in [-0.3, -0.25) is 9.59 Å². The number of carboxylic acids is 2. The first-order valence-electron chi connectivity index (χ1n) is 5.34. The van der Waals surface area contributed by atoms with Crippen LogP contribution in [0.5, 0.6) is 0 Å². The number of aliphatic carboxylic acids is 2. The van der Waals surface area contributed by atoms with E-state index in [1.807, 2.05) is 0 Å². The van der Waals surface area contributed by atoms with Crippen molar-refractivity contribution in [1.29, 1.82) is 0 Å². The van der Waals surface area contributed by atoms with Gasteiger partial charge in [0.05, 0.1) is 5.25 Å². The molecule has 9 heteroatoms. The van der Waals surface area contributed by atoms with Gasteiger partial charge in [-0.1, -0.05) is 0 Å². The second-order valence-corrected chi connectivity index (χ2v) is 6.13. The Hall–Kier alpha value is -1.19. The van der Waals surface area contributed by atoms with Crippen LogP contribution in [0, 0.1) is 0 Å². The zero-order valence-electron chi connectivity index (χ0n) is 9.61. The Morgan fingerprint density at radius 2 is 1.56 bits per heavy atom. The van der Waals surface area contributed by atoms with Crippen molar-refractivity contribution in [1.82, 2.24) is 4.31 Å². The quantitative estimate of drug-likeness (QED) is 0.638. The van der Waals surface area contributed by atoms with E-state index in [-0.39, 0.29) is 26.1 Å². The average Bonchev–Trinajstić information content (AvgIpc) is 2.28. The van der Waals surface area contributed by atoms with Gasteiger partial charge in [0.15, 0.2) is 0 Å². The summed E-state index contributed by atoms with van der Waals surface area (Å²) in [5, 5.41) is 16.5. The van der Waals surface area contributed by atoms with E-state index in [1.54, 1.807) is 0 Å². The van der Waals surface area contributed by atoms with Crippen LogP contribution < -0.4 is 0 Å². The Morgan fingerprint density at radius 3 is 1.94 bits per heavy atom. The molecule has 0 aromatic rings. The molecule has 0 aliphatic carbocycles. The van der Waals surface area contributed by atoms with E-state index in [0.29, 0.717) is 4.31 Å². The smallest absolute Gasteiger partial charge is 0.318 e. The van der Waals surface area contributed by atoms with Crippen LogP contribution in [0.2, 0.25) is 0 Å². The molecule has 1 heterocycles. The first kappa shape index (κ1) is 14.9. The monoisotopic (exact) mass is 281 g/mol. The molecule has 0 saturated carbocycles. The molecule has 0 spiro atoms. The second kappa shape index (κ2) is 6.12. The molecule has 8 nitrogen and oxygen atoms in total. The highest BCUT2D eigenvalue weighted by Crippen LogP contribution is 2.19. The summed E-state index contributed by atoms with van der Waals surface area (Å²) < 4.78 is 29.7. The predicted octanol–water partition coefficient (Wildman–Crippen LogP) is -1.03. The molecule has 1 fully saturated rings. The zero-order chi connectivity index (χ0) is 13.8. The number of carboxylic acid groups (broad SMARTS) is 2. The summed E-state index contributed by atoms with van der Waals surface area (Å²) in [4.78, 5) is 21.2. The number of ether oxygens (including phenoxy) is 1. The van der Waals surface area contributed by atoms with Gasteiger partial charge in [-0.15, -0.1) is 0 Å². The number of carbonyl (C=O) groups is 2. The third kappa shape index (κ3) is 3.93. The van der Waals surface area contributed by atoms with E-state index in [1.165, 1.54) is 0 Å². The number of hydrogen-bond acceptors (Lipinski definition) is 5. The molecule has 1 saturated heterocycles. The van der Waals surface area contributed by atoms with Gasteiger partial charge in [-0.05, 0) is 12.8 Å². The van der Waals surface area contributed by atoms with E-state index in [0.717, 1.165) is 0 Å². The Morgan fingerprint density at radius 1 is 1.11 bits per heavy atom. The molecule has 104 valence electrons. The summed E-state index contributed by atoms with van der Waals surface area (Å²) >= 11 is 0. The standard InChI is InChI=1S/C9H15NO7S/c11-8(12)5-10(6-9(13)14)18(15,16)7-1-3-17-4-2-7/h7H,1-6H2,(H,11,12)(H,13,14). The minimum absolute atomic E-state index is 0.248. The van der Waals surface area contributed by atoms with Gasteiger partial charge in [0, 0.05) is 13.2 Å². The van der Waals surface area contributed by atoms with E-state index in [4.69, 9.17) is 14.9 Å². The molecule has 1 rings (SSSR count). The van der Waals surface area contributed by atoms with Gasteiger partial charge in [-0.25, -0.2) is 8.42 Å². The van der Waals surface area contributed by atoms with Crippen LogP contribution in [-0.4, -0.2) is 66.4 Å². The summed E-state index contributed by atoms with van der Waals surface area (Å²) in [5.74, 6) is -2.77. The maximum Gasteiger partial charge on any atom is 0.318 e. The molecular formula is C9H15NO7S. The van der Waals surface area contributed by atoms with Crippen molar-refractivity contribution < 1.29 is 33.0 Å². The maximum absolute atomic E-state index is 12.1. The van der Waals surface area contributed by atoms with Gasteiger partial charge in [0.1, 0.15) is 13.1 Å². The fourth-order valence-corrected chi connectivity index (χ4v) is 3.51. The largest absolute Gasteiger partial charge is 0.480 e. The van der Waals surface area contributed by atoms with Gasteiger partial charge >= 0.3 is 11.9 Å². The van der Waals surface area contributed by atoms with Crippen molar-refractivity contribution in [2.24, 2.45) is 0 Å². The molecule has 0 aromatic carbocycles. The molecule has 0 radical (unpaired) electrons. The maximum atomic E-state index is 12.1. The Kier molecular flexibility index (Phi) is 5.05. The van der Waals surface area contributed by atoms with Crippen LogP contribution in [-0.2, 0) is 24.3 Å². The van der Waals surface area contributed by atoms with Crippen molar-refractivity contribution in [3.05, 3.63) is 0 Å². The van der Waals surface area contributed by atoms with E-state index in [2.05, 4.69) is 0 Å². The summed E-state index contributed by atoms with van der Waals surface area (Å²) in [6.07, 6.45) is 0.496. The molecule has 0 atom stereocenters. The lowest BCUT2D eigenvalue weighted by Gasteiger charge is -2.27. The molecule has 0 unspecified atom stereocenters. The fraction of sp³-hybridized carbons (Fsp3) is 0.778. The number of rotatable bonds is 6. The van der Waals surface area contributed by atoms with Crippen LogP contribution in [0.1, 0.15) is 12.8 Å². The molecule has 0 aromatic heterocycles. The van der Waals surface area contributed by atoms with Crippen molar-refractivity contribution in [2.75, 3.05) is 26.3 Å². The van der Waals surface area contributed by atoms with Crippen LogP contribution in [0.25, 0.3) is 0 Å². The Labute approximate surface area is 104 Å². The van der Waals surface area contributed by atoms with Crippen LogP contribution in [0.3, 0.4) is 0 Å². The second-order valence-electron chi connectivity index (χ2n) is 3.91. The topological polar surface area (TPSA) is 121 Å². The van der Waals surface area contributed by atoms with Crippen LogP contribution in [0.15, 0.2) is 0 Å². The summed E-state index contributed by atoms with van der Waals surface area (Å²) in [6, 6.07) is 0. The van der Waals surface area contributed by atoms with E-state index < -0.39 is 40.3 Å². The highest BCUT2D eigenvalue weighted by Gasteiger charge is 2.35. The lowest BCUT2D eigenvalue weighted by atomic mass is 10.2. The Balaban J connectivity index is 2.86. The Bertz CT molecular complexity index is 397. The first-order valence-corrected chi connectivity index (χ1v) is 6.84. The summed E-state index contributed by atoms with van der Waals surface area (Å²) in [6.45, 7) is -1.13. The lowest BCUT2D eigenvalue weighted by Crippen LogP contribution is -2.45. The number of sulfonamides is 1. The normalized spacial score (nSPS) is 17.8. The molecular weight excluding hydrogens is 266 g/mol. The minimum atomic E-state index is -3.92. The van der Waals surface area contributed by atoms with Gasteiger partial charge in [-0.2, -0.15) is 4.31 Å². The van der Waals surface area contributed by atoms with Gasteiger partial charge in [0.2, 0.25) is 10.0 Å². The third-order valence-electron chi connectivity index (χ3n) is 2.57. The zero-order valence-corrected chi connectivity index (χ0v) is 10.4. The van der Waals surface area contributed by atoms with E-state index >= 15 is 0 Å². The van der Waals surface area contributed by atoms with Crippen molar-refractivity contribution >= 4 is 22.0 Å². The fourth-order valence-electron chi connectivity index (χ4n) is 1.72. The number of hydrogen-bond donors (Lipinski definition) is 2. The van der Waals surface area contributed by atoms with Gasteiger partial charge < -0.3 is 14.9 Å². The molecule has 1 aliphatic heterocycles. The highest BCUT2D eigenvalue weighted by molar-refractivity contribution is 7.89. The molecule has 2 N–H and O–H groups in total. The third-order valence-corrected chi connectivity index (χ3v) is 4.86. The van der Waals surface area contributed by atoms with Crippen molar-refractivity contribution in [3.63, 3.8) is 0 Å². The van der Waals surface area contributed by atoms with Crippen molar-refractivity contribution in [2.45, 2.75) is 18.1 Å². The summed E-state index contributed by atoms with van der Waals surface area (Å²) in [7, 11) is -3.92. The highest BCUT2D eigenvalue weighted by atomic mass is 32.2. The SMILES string of the molecule is O=C(O)CN(CC(=O)O)S(=O)(=O)C1CCOCC1. The molecule has 18 heavy (non-hydrogen) atoms. The minimum Gasteiger partial charge on any atom is -0.480 e. The number of nitrogens with zero attached hydrogens (tertiary/aromatic N) is 1. The van der Waals surface area contributed by atoms with E-state index in [9.17, 15) is 18.0 Å². The van der Waals surface area contributed by atoms with Crippen molar-refractivity contribution in [3.8, 4) is 0 Å². The van der Waals surface area contributed by atoms with Crippen LogP contribution in [0.4, 0.5) is 0 Å². The first-order chi connectivity index (χ1) is 8.34. The average molecular weight is 281 g/mol. The van der Waals surface area contributed by atoms with Gasteiger partial charge in [0.25, 0.3) is 0 Å². The lowest BCUT2D eigenvalue weighted by molar-refractivity contribution is -0.139. The predicted molar refractivity (Wildman–Crippen MR) is 59.6 cm³/mol. The summed E-state index contributed by atoms with van der Waals surface area (Å²) in [5.41, 5.74) is 0.